The minimum absolute atomic E-state index is 0.216. The van der Waals surface area contributed by atoms with Gasteiger partial charge in [0.05, 0.1) is 13.2 Å². The molecule has 0 radical (unpaired) electrons. The molecule has 0 amide bonds. The van der Waals surface area contributed by atoms with Crippen LogP contribution in [0.2, 0.25) is 0 Å². The van der Waals surface area contributed by atoms with E-state index in [1.165, 1.54) is 0 Å². The molecule has 18 heavy (non-hydrogen) atoms. The van der Waals surface area contributed by atoms with E-state index in [0.717, 1.165) is 12.8 Å². The summed E-state index contributed by atoms with van der Waals surface area (Å²) in [5, 5.41) is 0. The van der Waals surface area contributed by atoms with Crippen LogP contribution >= 0.6 is 0 Å². The maximum atomic E-state index is 11.7. The maximum absolute atomic E-state index is 11.7. The van der Waals surface area contributed by atoms with Crippen LogP contribution in [0.25, 0.3) is 0 Å². The van der Waals surface area contributed by atoms with E-state index in [-0.39, 0.29) is 24.0 Å². The van der Waals surface area contributed by atoms with Crippen molar-refractivity contribution >= 4 is 11.9 Å². The second-order valence-electron chi connectivity index (χ2n) is 4.41. The van der Waals surface area contributed by atoms with Crippen molar-refractivity contribution < 1.29 is 19.1 Å². The lowest BCUT2D eigenvalue weighted by molar-refractivity contribution is -0.149. The van der Waals surface area contributed by atoms with E-state index in [9.17, 15) is 9.59 Å². The summed E-state index contributed by atoms with van der Waals surface area (Å²) in [6.07, 6.45) is 2.53. The topological polar surface area (TPSA) is 55.6 Å². The fraction of sp³-hybridized carbons (Fsp3) is 0.846. The largest absolute Gasteiger partial charge is 0.465 e. The summed E-state index contributed by atoms with van der Waals surface area (Å²) in [4.78, 5) is 25.2. The molecule has 5 heteroatoms. The van der Waals surface area contributed by atoms with Crippen molar-refractivity contribution in [2.45, 2.75) is 52.1 Å². The zero-order chi connectivity index (χ0) is 13.5. The first-order valence-corrected chi connectivity index (χ1v) is 6.74. The number of esters is 2. The van der Waals surface area contributed by atoms with Crippen LogP contribution in [0, 0.1) is 0 Å². The molecule has 0 N–H and O–H groups in total. The smallest absolute Gasteiger partial charge is 0.324 e. The van der Waals surface area contributed by atoms with Gasteiger partial charge < -0.3 is 9.47 Å². The highest BCUT2D eigenvalue weighted by atomic mass is 16.5. The van der Waals surface area contributed by atoms with Crippen molar-refractivity contribution in [2.75, 3.05) is 19.8 Å². The van der Waals surface area contributed by atoms with E-state index in [4.69, 9.17) is 9.47 Å². The van der Waals surface area contributed by atoms with E-state index >= 15 is 0 Å². The zero-order valence-corrected chi connectivity index (χ0v) is 11.5. The van der Waals surface area contributed by atoms with Gasteiger partial charge in [-0.1, -0.05) is 20.3 Å². The first kappa shape index (κ1) is 15.0. The Morgan fingerprint density at radius 1 is 1.28 bits per heavy atom. The van der Waals surface area contributed by atoms with Crippen molar-refractivity contribution in [3.05, 3.63) is 0 Å². The Morgan fingerprint density at radius 3 is 2.56 bits per heavy atom. The number of carbonyl (C=O) groups is 2. The molecule has 3 atom stereocenters. The van der Waals surface area contributed by atoms with Gasteiger partial charge in [0.25, 0.3) is 0 Å². The second kappa shape index (κ2) is 7.36. The minimum atomic E-state index is -0.311. The molecular weight excluding hydrogens is 234 g/mol. The van der Waals surface area contributed by atoms with Gasteiger partial charge in [-0.3, -0.25) is 14.5 Å². The van der Waals surface area contributed by atoms with Crippen molar-refractivity contribution in [3.63, 3.8) is 0 Å². The van der Waals surface area contributed by atoms with Gasteiger partial charge in [-0.15, -0.1) is 0 Å². The Hall–Kier alpha value is -1.10. The quantitative estimate of drug-likeness (QED) is 0.373. The summed E-state index contributed by atoms with van der Waals surface area (Å²) < 4.78 is 10.1. The third kappa shape index (κ3) is 3.98. The molecular formula is C13H23NO4. The van der Waals surface area contributed by atoms with Gasteiger partial charge in [-0.05, 0) is 19.8 Å². The predicted octanol–water partition coefficient (Wildman–Crippen LogP) is 1.36. The average molecular weight is 257 g/mol. The van der Waals surface area contributed by atoms with E-state index < -0.39 is 0 Å². The Balaban J connectivity index is 2.36. The summed E-state index contributed by atoms with van der Waals surface area (Å²) >= 11 is 0. The third-order valence-corrected chi connectivity index (χ3v) is 3.01. The van der Waals surface area contributed by atoms with Crippen LogP contribution in [0.3, 0.4) is 0 Å². The summed E-state index contributed by atoms with van der Waals surface area (Å²) in [6.45, 7) is 7.18. The number of hydrogen-bond donors (Lipinski definition) is 0. The molecule has 0 aromatic carbocycles. The standard InChI is InChI=1S/C13H23NO4/c1-4-7-8-18-13(16)11-9-14(11)10(5-2)12(15)17-6-3/h10-11H,4-9H2,1-3H3/t10-,11+,14?/m0/s1. The molecule has 1 fully saturated rings. The van der Waals surface area contributed by atoms with Crippen molar-refractivity contribution in [1.29, 1.82) is 0 Å². The van der Waals surface area contributed by atoms with Gasteiger partial charge >= 0.3 is 11.9 Å². The molecule has 0 bridgehead atoms. The maximum Gasteiger partial charge on any atom is 0.324 e. The lowest BCUT2D eigenvalue weighted by Gasteiger charge is -2.15. The van der Waals surface area contributed by atoms with Gasteiger partial charge in [-0.25, -0.2) is 0 Å². The fourth-order valence-electron chi connectivity index (χ4n) is 1.90. The highest BCUT2D eigenvalue weighted by Gasteiger charge is 2.48. The van der Waals surface area contributed by atoms with Gasteiger partial charge in [0.15, 0.2) is 0 Å². The van der Waals surface area contributed by atoms with Crippen LogP contribution in [0.15, 0.2) is 0 Å². The highest BCUT2D eigenvalue weighted by molar-refractivity contribution is 5.83. The first-order chi connectivity index (χ1) is 8.65. The van der Waals surface area contributed by atoms with Crippen molar-refractivity contribution in [2.24, 2.45) is 0 Å². The molecule has 1 unspecified atom stereocenters. The molecule has 1 aliphatic rings. The molecule has 1 saturated heterocycles. The number of nitrogens with zero attached hydrogens (tertiary/aromatic N) is 1. The van der Waals surface area contributed by atoms with Crippen molar-refractivity contribution in [1.82, 2.24) is 4.90 Å². The molecule has 1 heterocycles. The van der Waals surface area contributed by atoms with E-state index in [2.05, 4.69) is 0 Å². The number of carbonyl (C=O) groups excluding carboxylic acids is 2. The Morgan fingerprint density at radius 2 is 2.00 bits per heavy atom. The van der Waals surface area contributed by atoms with Crippen LogP contribution in [0.1, 0.15) is 40.0 Å². The molecule has 0 aliphatic carbocycles. The lowest BCUT2D eigenvalue weighted by atomic mass is 10.2. The zero-order valence-electron chi connectivity index (χ0n) is 11.5. The number of hydrogen-bond acceptors (Lipinski definition) is 5. The summed E-state index contributed by atoms with van der Waals surface area (Å²) in [6, 6.07) is -0.565. The highest BCUT2D eigenvalue weighted by Crippen LogP contribution is 2.25. The van der Waals surface area contributed by atoms with Crippen LogP contribution in [0.4, 0.5) is 0 Å². The SMILES string of the molecule is CCCCOC(=O)[C@H]1CN1[C@@H](CC)C(=O)OCC. The predicted molar refractivity (Wildman–Crippen MR) is 67.1 cm³/mol. The van der Waals surface area contributed by atoms with Crippen LogP contribution in [0.5, 0.6) is 0 Å². The molecule has 0 saturated carbocycles. The molecule has 0 spiro atoms. The van der Waals surface area contributed by atoms with E-state index in [1.807, 2.05) is 18.7 Å². The van der Waals surface area contributed by atoms with Crippen molar-refractivity contribution in [3.8, 4) is 0 Å². The Kier molecular flexibility index (Phi) is 6.12. The van der Waals surface area contributed by atoms with Crippen LogP contribution in [-0.4, -0.2) is 48.7 Å². The normalized spacial score (nSPS) is 23.3. The second-order valence-corrected chi connectivity index (χ2v) is 4.41. The van der Waals surface area contributed by atoms with E-state index in [1.54, 1.807) is 6.92 Å². The number of rotatable bonds is 8. The summed E-state index contributed by atoms with van der Waals surface area (Å²) in [7, 11) is 0. The lowest BCUT2D eigenvalue weighted by Crippen LogP contribution is -2.33. The Labute approximate surface area is 108 Å². The molecule has 1 rings (SSSR count). The monoisotopic (exact) mass is 257 g/mol. The van der Waals surface area contributed by atoms with Gasteiger partial charge in [-0.2, -0.15) is 0 Å². The number of ether oxygens (including phenoxy) is 2. The minimum Gasteiger partial charge on any atom is -0.465 e. The summed E-state index contributed by atoms with van der Waals surface area (Å²) in [5.74, 6) is -0.463. The third-order valence-electron chi connectivity index (χ3n) is 3.01. The van der Waals surface area contributed by atoms with Gasteiger partial charge in [0.2, 0.25) is 0 Å². The van der Waals surface area contributed by atoms with Crippen LogP contribution in [-0.2, 0) is 19.1 Å². The molecule has 104 valence electrons. The van der Waals surface area contributed by atoms with Gasteiger partial charge in [0.1, 0.15) is 12.1 Å². The van der Waals surface area contributed by atoms with Crippen LogP contribution < -0.4 is 0 Å². The fourth-order valence-corrected chi connectivity index (χ4v) is 1.90. The summed E-state index contributed by atoms with van der Waals surface area (Å²) in [5.41, 5.74) is 0. The average Bonchev–Trinajstić information content (AvgIpc) is 3.11. The molecule has 0 aromatic rings. The Bertz CT molecular complexity index is 293. The molecule has 5 nitrogen and oxygen atoms in total. The van der Waals surface area contributed by atoms with E-state index in [0.29, 0.717) is 26.2 Å². The number of unbranched alkanes of at least 4 members (excludes halogenated alkanes) is 1. The van der Waals surface area contributed by atoms with Gasteiger partial charge in [0, 0.05) is 6.54 Å². The molecule has 0 aromatic heterocycles. The molecule has 1 aliphatic heterocycles. The first-order valence-electron chi connectivity index (χ1n) is 6.74.